The van der Waals surface area contributed by atoms with Crippen LogP contribution in [0.15, 0.2) is 41.4 Å². The molecule has 2 amide bonds. The van der Waals surface area contributed by atoms with Crippen molar-refractivity contribution in [3.63, 3.8) is 0 Å². The van der Waals surface area contributed by atoms with Gasteiger partial charge in [0.05, 0.1) is 0 Å². The number of Topliss-reactive ketones (excluding diaryl/α,β-unsaturated/α-hetero) is 1. The molecule has 1 aromatic heterocycles. The Bertz CT molecular complexity index is 827. The summed E-state index contributed by atoms with van der Waals surface area (Å²) in [5.74, 6) is -1.51. The summed E-state index contributed by atoms with van der Waals surface area (Å²) in [6, 6.07) is 8.28. The molecule has 0 spiro atoms. The normalized spacial score (nSPS) is 11.5. The molecule has 1 atom stereocenters. The van der Waals surface area contributed by atoms with E-state index in [4.69, 9.17) is 0 Å². The van der Waals surface area contributed by atoms with E-state index in [0.29, 0.717) is 5.03 Å². The Labute approximate surface area is 154 Å². The van der Waals surface area contributed by atoms with Gasteiger partial charge in [-0.3, -0.25) is 14.4 Å². The zero-order valence-electron chi connectivity index (χ0n) is 14.4. The highest BCUT2D eigenvalue weighted by Gasteiger charge is 2.26. The van der Waals surface area contributed by atoms with Gasteiger partial charge in [0.1, 0.15) is 16.1 Å². The molecular weight excluding hydrogens is 359 g/mol. The number of aromatic nitrogens is 2. The monoisotopic (exact) mass is 376 g/mol. The number of amides is 2. The summed E-state index contributed by atoms with van der Waals surface area (Å²) in [5.41, 5.74) is 0.151. The van der Waals surface area contributed by atoms with Crippen molar-refractivity contribution in [2.45, 2.75) is 17.2 Å². The van der Waals surface area contributed by atoms with Crippen LogP contribution in [0.4, 0.5) is 10.2 Å². The minimum Gasteiger partial charge on any atom is -0.347 e. The van der Waals surface area contributed by atoms with Crippen molar-refractivity contribution in [1.29, 1.82) is 0 Å². The summed E-state index contributed by atoms with van der Waals surface area (Å²) >= 11 is 0.983. The Morgan fingerprint density at radius 2 is 1.88 bits per heavy atom. The maximum absolute atomic E-state index is 13.2. The van der Waals surface area contributed by atoms with Crippen molar-refractivity contribution >= 4 is 35.2 Å². The number of hydrogen-bond acceptors (Lipinski definition) is 6. The number of carbonyl (C=O) groups is 3. The quantitative estimate of drug-likeness (QED) is 0.612. The van der Waals surface area contributed by atoms with Crippen molar-refractivity contribution in [2.75, 3.05) is 19.4 Å². The zero-order valence-corrected chi connectivity index (χ0v) is 15.2. The van der Waals surface area contributed by atoms with Gasteiger partial charge in [0.25, 0.3) is 5.91 Å². The molecule has 26 heavy (non-hydrogen) atoms. The average Bonchev–Trinajstić information content (AvgIpc) is 2.60. The number of thioether (sulfide) groups is 1. The number of nitrogens with zero attached hydrogens (tertiary/aromatic N) is 3. The lowest BCUT2D eigenvalue weighted by Gasteiger charge is -2.17. The standard InChI is InChI=1S/C17H17FN4O3S/c1-10(23)15(17(25)22(2)3)26-14-8-7-13(20-21-14)19-16(24)11-5-4-6-12(18)9-11/h4-9,15H,1-3H3,(H,19,20,24). The molecule has 0 saturated heterocycles. The molecule has 136 valence electrons. The van der Waals surface area contributed by atoms with Gasteiger partial charge in [-0.1, -0.05) is 17.8 Å². The van der Waals surface area contributed by atoms with Crippen LogP contribution in [-0.4, -0.2) is 52.0 Å². The molecule has 0 aliphatic rings. The van der Waals surface area contributed by atoms with E-state index >= 15 is 0 Å². The molecule has 0 aliphatic carbocycles. The lowest BCUT2D eigenvalue weighted by molar-refractivity contribution is -0.132. The maximum Gasteiger partial charge on any atom is 0.256 e. The lowest BCUT2D eigenvalue weighted by atomic mass is 10.2. The number of rotatable bonds is 6. The number of benzene rings is 1. The molecule has 0 bridgehead atoms. The van der Waals surface area contributed by atoms with E-state index in [1.54, 1.807) is 14.1 Å². The first-order valence-corrected chi connectivity index (χ1v) is 8.45. The lowest BCUT2D eigenvalue weighted by Crippen LogP contribution is -2.35. The van der Waals surface area contributed by atoms with Crippen LogP contribution in [0.25, 0.3) is 0 Å². The van der Waals surface area contributed by atoms with Crippen LogP contribution in [-0.2, 0) is 9.59 Å². The minimum atomic E-state index is -0.910. The SMILES string of the molecule is CC(=O)C(Sc1ccc(NC(=O)c2cccc(F)c2)nn1)C(=O)N(C)C. The molecule has 0 fully saturated rings. The third kappa shape index (κ3) is 5.09. The van der Waals surface area contributed by atoms with Gasteiger partial charge in [0.15, 0.2) is 11.6 Å². The van der Waals surface area contributed by atoms with E-state index in [1.807, 2.05) is 0 Å². The van der Waals surface area contributed by atoms with Gasteiger partial charge < -0.3 is 10.2 Å². The number of hydrogen-bond donors (Lipinski definition) is 1. The fourth-order valence-corrected chi connectivity index (χ4v) is 2.88. The highest BCUT2D eigenvalue weighted by molar-refractivity contribution is 8.01. The van der Waals surface area contributed by atoms with Crippen LogP contribution >= 0.6 is 11.8 Å². The minimum absolute atomic E-state index is 0.151. The molecule has 0 aliphatic heterocycles. The first-order chi connectivity index (χ1) is 12.3. The second-order valence-electron chi connectivity index (χ2n) is 5.56. The zero-order chi connectivity index (χ0) is 19.3. The van der Waals surface area contributed by atoms with Crippen LogP contribution in [0.3, 0.4) is 0 Å². The second kappa shape index (κ2) is 8.52. The first-order valence-electron chi connectivity index (χ1n) is 7.57. The highest BCUT2D eigenvalue weighted by atomic mass is 32.2. The number of anilines is 1. The van der Waals surface area contributed by atoms with Crippen LogP contribution in [0, 0.1) is 5.82 Å². The Balaban J connectivity index is 2.06. The van der Waals surface area contributed by atoms with Crippen molar-refractivity contribution in [2.24, 2.45) is 0 Å². The highest BCUT2D eigenvalue weighted by Crippen LogP contribution is 2.23. The molecule has 2 rings (SSSR count). The molecule has 0 saturated carbocycles. The largest absolute Gasteiger partial charge is 0.347 e. The first kappa shape index (κ1) is 19.5. The Kier molecular flexibility index (Phi) is 6.40. The summed E-state index contributed by atoms with van der Waals surface area (Å²) in [6.45, 7) is 1.33. The Hall–Kier alpha value is -2.81. The molecule has 1 aromatic carbocycles. The van der Waals surface area contributed by atoms with Crippen LogP contribution < -0.4 is 5.32 Å². The summed E-state index contributed by atoms with van der Waals surface area (Å²) < 4.78 is 13.2. The van der Waals surface area contributed by atoms with Gasteiger partial charge in [-0.15, -0.1) is 10.2 Å². The average molecular weight is 376 g/mol. The molecular formula is C17H17FN4O3S. The maximum atomic E-state index is 13.2. The van der Waals surface area contributed by atoms with Crippen LogP contribution in [0.1, 0.15) is 17.3 Å². The van der Waals surface area contributed by atoms with E-state index in [9.17, 15) is 18.8 Å². The van der Waals surface area contributed by atoms with E-state index in [2.05, 4.69) is 15.5 Å². The van der Waals surface area contributed by atoms with Crippen molar-refractivity contribution in [3.8, 4) is 0 Å². The molecule has 1 N–H and O–H groups in total. The molecule has 2 aromatic rings. The number of carbonyl (C=O) groups excluding carboxylic acids is 3. The van der Waals surface area contributed by atoms with Crippen LogP contribution in [0.2, 0.25) is 0 Å². The number of halogens is 1. The second-order valence-corrected chi connectivity index (χ2v) is 6.69. The van der Waals surface area contributed by atoms with E-state index in [1.165, 1.54) is 42.2 Å². The fourth-order valence-electron chi connectivity index (χ4n) is 1.93. The van der Waals surface area contributed by atoms with E-state index in [0.717, 1.165) is 17.8 Å². The van der Waals surface area contributed by atoms with Gasteiger partial charge in [-0.2, -0.15) is 0 Å². The summed E-state index contributed by atoms with van der Waals surface area (Å²) in [5, 5.41) is 9.71. The third-order valence-electron chi connectivity index (χ3n) is 3.24. The molecule has 7 nitrogen and oxygen atoms in total. The van der Waals surface area contributed by atoms with Crippen LogP contribution in [0.5, 0.6) is 0 Å². The third-order valence-corrected chi connectivity index (χ3v) is 4.47. The Morgan fingerprint density at radius 1 is 1.15 bits per heavy atom. The van der Waals surface area contributed by atoms with Gasteiger partial charge in [-0.25, -0.2) is 4.39 Å². The topological polar surface area (TPSA) is 92.3 Å². The predicted molar refractivity (Wildman–Crippen MR) is 95.4 cm³/mol. The number of ketones is 1. The van der Waals surface area contributed by atoms with Crippen molar-refractivity contribution in [1.82, 2.24) is 15.1 Å². The smallest absolute Gasteiger partial charge is 0.256 e. The van der Waals surface area contributed by atoms with E-state index < -0.39 is 17.0 Å². The number of nitrogens with one attached hydrogen (secondary N) is 1. The van der Waals surface area contributed by atoms with Gasteiger partial charge in [-0.05, 0) is 37.3 Å². The molecule has 0 radical (unpaired) electrons. The summed E-state index contributed by atoms with van der Waals surface area (Å²) in [4.78, 5) is 37.1. The predicted octanol–water partition coefficient (Wildman–Crippen LogP) is 2.01. The van der Waals surface area contributed by atoms with Gasteiger partial charge >= 0.3 is 0 Å². The molecule has 9 heteroatoms. The van der Waals surface area contributed by atoms with Gasteiger partial charge in [0.2, 0.25) is 5.91 Å². The van der Waals surface area contributed by atoms with E-state index in [-0.39, 0.29) is 23.1 Å². The Morgan fingerprint density at radius 3 is 2.42 bits per heavy atom. The fraction of sp³-hybridized carbons (Fsp3) is 0.235. The van der Waals surface area contributed by atoms with Crippen molar-refractivity contribution in [3.05, 3.63) is 47.8 Å². The summed E-state index contributed by atoms with van der Waals surface area (Å²) in [6.07, 6.45) is 0. The van der Waals surface area contributed by atoms with Crippen molar-refractivity contribution < 1.29 is 18.8 Å². The summed E-state index contributed by atoms with van der Waals surface area (Å²) in [7, 11) is 3.13. The molecule has 1 unspecified atom stereocenters. The van der Waals surface area contributed by atoms with Gasteiger partial charge in [0, 0.05) is 19.7 Å². The molecule has 1 heterocycles.